The number of carbonyl (C=O) groups is 2. The van der Waals surface area contributed by atoms with E-state index in [0.717, 1.165) is 0 Å². The molecule has 0 heterocycles. The Labute approximate surface area is 129 Å². The van der Waals surface area contributed by atoms with Crippen LogP contribution in [-0.4, -0.2) is 36.9 Å². The molecule has 1 aromatic rings. The number of likely N-dealkylation sites (N-methyl/N-ethyl adjacent to an activating group) is 1. The zero-order chi connectivity index (χ0) is 14.4. The zero-order valence-electron chi connectivity index (χ0n) is 11.4. The molecule has 0 bridgehead atoms. The molecule has 1 unspecified atom stereocenters. The number of halogens is 2. The molecule has 0 aliphatic heterocycles. The monoisotopic (exact) mass is 319 g/mol. The molecule has 112 valence electrons. The van der Waals surface area contributed by atoms with Crippen molar-refractivity contribution in [1.29, 1.82) is 0 Å². The summed E-state index contributed by atoms with van der Waals surface area (Å²) in [6, 6.07) is 6.83. The summed E-state index contributed by atoms with van der Waals surface area (Å²) in [6.07, 6.45) is 0. The number of nitrogens with one attached hydrogen (secondary N) is 1. The van der Waals surface area contributed by atoms with Gasteiger partial charge in [0.05, 0.1) is 6.54 Å². The molecule has 7 heteroatoms. The molecule has 5 nitrogen and oxygen atoms in total. The number of hydrogen-bond acceptors (Lipinski definition) is 3. The van der Waals surface area contributed by atoms with Crippen LogP contribution in [0, 0.1) is 5.92 Å². The Morgan fingerprint density at radius 2 is 2.10 bits per heavy atom. The Hall–Kier alpha value is -1.30. The predicted octanol–water partition coefficient (Wildman–Crippen LogP) is 1.75. The van der Waals surface area contributed by atoms with Gasteiger partial charge in [-0.2, -0.15) is 0 Å². The first-order chi connectivity index (χ1) is 8.93. The van der Waals surface area contributed by atoms with Crippen LogP contribution in [0.1, 0.15) is 6.92 Å². The maximum atomic E-state index is 11.8. The maximum Gasteiger partial charge on any atom is 0.243 e. The number of rotatable bonds is 5. The van der Waals surface area contributed by atoms with Gasteiger partial charge in [-0.3, -0.25) is 9.59 Å². The number of nitrogens with two attached hydrogens (primary N) is 1. The van der Waals surface area contributed by atoms with E-state index in [1.807, 2.05) is 0 Å². The van der Waals surface area contributed by atoms with E-state index < -0.39 is 0 Å². The summed E-state index contributed by atoms with van der Waals surface area (Å²) in [7, 11) is 1.58. The van der Waals surface area contributed by atoms with Crippen molar-refractivity contribution in [2.24, 2.45) is 11.7 Å². The van der Waals surface area contributed by atoms with Crippen molar-refractivity contribution in [3.63, 3.8) is 0 Å². The second kappa shape index (κ2) is 8.79. The van der Waals surface area contributed by atoms with Gasteiger partial charge in [0.2, 0.25) is 11.8 Å². The molecule has 2 amide bonds. The molecular formula is C13H19Cl2N3O2. The molecule has 1 rings (SSSR count). The lowest BCUT2D eigenvalue weighted by molar-refractivity contribution is -0.136. The predicted molar refractivity (Wildman–Crippen MR) is 83.2 cm³/mol. The average Bonchev–Trinajstić information content (AvgIpc) is 2.36. The molecule has 0 aromatic heterocycles. The highest BCUT2D eigenvalue weighted by Crippen LogP contribution is 2.14. The number of carbonyl (C=O) groups excluding carboxylic acids is 2. The van der Waals surface area contributed by atoms with E-state index in [4.69, 9.17) is 17.3 Å². The second-order valence-corrected chi connectivity index (χ2v) is 4.83. The van der Waals surface area contributed by atoms with Gasteiger partial charge in [-0.05, 0) is 18.2 Å². The summed E-state index contributed by atoms with van der Waals surface area (Å²) in [5, 5.41) is 3.22. The fourth-order valence-electron chi connectivity index (χ4n) is 1.54. The van der Waals surface area contributed by atoms with Crippen LogP contribution in [0.15, 0.2) is 24.3 Å². The molecule has 1 aromatic carbocycles. The summed E-state index contributed by atoms with van der Waals surface area (Å²) in [4.78, 5) is 24.9. The minimum atomic E-state index is -0.288. The van der Waals surface area contributed by atoms with Crippen molar-refractivity contribution < 1.29 is 9.59 Å². The summed E-state index contributed by atoms with van der Waals surface area (Å²) in [5.41, 5.74) is 6.02. The third kappa shape index (κ3) is 5.77. The Morgan fingerprint density at radius 3 is 2.65 bits per heavy atom. The molecule has 20 heavy (non-hydrogen) atoms. The van der Waals surface area contributed by atoms with E-state index in [1.54, 1.807) is 38.2 Å². The van der Waals surface area contributed by atoms with Gasteiger partial charge in [-0.1, -0.05) is 24.6 Å². The molecule has 0 radical (unpaired) electrons. The Bertz CT molecular complexity index is 469. The zero-order valence-corrected chi connectivity index (χ0v) is 13.0. The minimum absolute atomic E-state index is 0. The van der Waals surface area contributed by atoms with Crippen LogP contribution >= 0.6 is 24.0 Å². The Kier molecular flexibility index (Phi) is 8.22. The van der Waals surface area contributed by atoms with Crippen molar-refractivity contribution in [3.05, 3.63) is 29.3 Å². The number of anilines is 1. The van der Waals surface area contributed by atoms with E-state index in [2.05, 4.69) is 5.32 Å². The molecule has 0 spiro atoms. The largest absolute Gasteiger partial charge is 0.336 e. The fourth-order valence-corrected chi connectivity index (χ4v) is 1.73. The Morgan fingerprint density at radius 1 is 1.45 bits per heavy atom. The summed E-state index contributed by atoms with van der Waals surface area (Å²) in [6.45, 7) is 1.97. The van der Waals surface area contributed by atoms with E-state index >= 15 is 0 Å². The van der Waals surface area contributed by atoms with Crippen molar-refractivity contribution >= 4 is 41.5 Å². The quantitative estimate of drug-likeness (QED) is 0.868. The van der Waals surface area contributed by atoms with Crippen LogP contribution in [-0.2, 0) is 9.59 Å². The van der Waals surface area contributed by atoms with E-state index in [9.17, 15) is 9.59 Å². The van der Waals surface area contributed by atoms with E-state index in [1.165, 1.54) is 4.90 Å². The maximum absolute atomic E-state index is 11.8. The number of hydrogen-bond donors (Lipinski definition) is 2. The van der Waals surface area contributed by atoms with Crippen LogP contribution < -0.4 is 11.1 Å². The van der Waals surface area contributed by atoms with Gasteiger partial charge in [0.25, 0.3) is 0 Å². The van der Waals surface area contributed by atoms with Crippen molar-refractivity contribution in [3.8, 4) is 0 Å². The lowest BCUT2D eigenvalue weighted by atomic mass is 10.1. The Balaban J connectivity index is 0.00000361. The van der Waals surface area contributed by atoms with Gasteiger partial charge in [-0.25, -0.2) is 0 Å². The van der Waals surface area contributed by atoms with E-state index in [-0.39, 0.29) is 43.2 Å². The number of amides is 2. The topological polar surface area (TPSA) is 75.4 Å². The molecule has 0 saturated carbocycles. The third-order valence-corrected chi connectivity index (χ3v) is 2.88. The molecule has 0 aliphatic carbocycles. The molecule has 0 aliphatic rings. The summed E-state index contributed by atoms with van der Waals surface area (Å²) < 4.78 is 0. The number of benzene rings is 1. The fraction of sp³-hybridized carbons (Fsp3) is 0.385. The molecule has 0 saturated heterocycles. The van der Waals surface area contributed by atoms with Gasteiger partial charge in [0, 0.05) is 30.2 Å². The van der Waals surface area contributed by atoms with Gasteiger partial charge in [0.1, 0.15) is 0 Å². The number of nitrogens with zero attached hydrogens (tertiary/aromatic N) is 1. The lowest BCUT2D eigenvalue weighted by Gasteiger charge is -2.20. The standard InChI is InChI=1S/C13H18ClN3O2.ClH/c1-9(7-15)13(19)17(2)8-12(18)16-11-5-3-4-10(14)6-11;/h3-6,9H,7-8,15H2,1-2H3,(H,16,18);1H. The molecule has 1 atom stereocenters. The van der Waals surface area contributed by atoms with E-state index in [0.29, 0.717) is 10.7 Å². The van der Waals surface area contributed by atoms with Crippen molar-refractivity contribution in [2.45, 2.75) is 6.92 Å². The summed E-state index contributed by atoms with van der Waals surface area (Å²) >= 11 is 5.82. The van der Waals surface area contributed by atoms with Crippen LogP contribution in [0.2, 0.25) is 5.02 Å². The summed E-state index contributed by atoms with van der Waals surface area (Å²) in [5.74, 6) is -0.713. The van der Waals surface area contributed by atoms with Crippen LogP contribution in [0.5, 0.6) is 0 Å². The average molecular weight is 320 g/mol. The molecule has 0 fully saturated rings. The first kappa shape index (κ1) is 18.7. The highest BCUT2D eigenvalue weighted by Gasteiger charge is 2.18. The lowest BCUT2D eigenvalue weighted by Crippen LogP contribution is -2.39. The minimum Gasteiger partial charge on any atom is -0.336 e. The molecular weight excluding hydrogens is 301 g/mol. The van der Waals surface area contributed by atoms with Crippen molar-refractivity contribution in [2.75, 3.05) is 25.5 Å². The van der Waals surface area contributed by atoms with Crippen LogP contribution in [0.4, 0.5) is 5.69 Å². The van der Waals surface area contributed by atoms with Crippen LogP contribution in [0.25, 0.3) is 0 Å². The van der Waals surface area contributed by atoms with Gasteiger partial charge < -0.3 is 16.0 Å². The van der Waals surface area contributed by atoms with Crippen LogP contribution in [0.3, 0.4) is 0 Å². The third-order valence-electron chi connectivity index (χ3n) is 2.64. The first-order valence-electron chi connectivity index (χ1n) is 5.94. The highest BCUT2D eigenvalue weighted by molar-refractivity contribution is 6.30. The van der Waals surface area contributed by atoms with Crippen molar-refractivity contribution in [1.82, 2.24) is 4.90 Å². The smallest absolute Gasteiger partial charge is 0.243 e. The first-order valence-corrected chi connectivity index (χ1v) is 6.32. The second-order valence-electron chi connectivity index (χ2n) is 4.39. The molecule has 3 N–H and O–H groups in total. The SMILES string of the molecule is CC(CN)C(=O)N(C)CC(=O)Nc1cccc(Cl)c1.Cl. The van der Waals surface area contributed by atoms with Gasteiger partial charge >= 0.3 is 0 Å². The highest BCUT2D eigenvalue weighted by atomic mass is 35.5. The van der Waals surface area contributed by atoms with Gasteiger partial charge in [0.15, 0.2) is 0 Å². The normalized spacial score (nSPS) is 11.2. The van der Waals surface area contributed by atoms with Gasteiger partial charge in [-0.15, -0.1) is 12.4 Å².